The summed E-state index contributed by atoms with van der Waals surface area (Å²) in [7, 11) is 4.30. The van der Waals surface area contributed by atoms with E-state index in [-0.39, 0.29) is 55.6 Å². The summed E-state index contributed by atoms with van der Waals surface area (Å²) in [4.78, 5) is 85.5. The maximum atomic E-state index is 14.6. The maximum Gasteiger partial charge on any atom is 0.513 e. The third kappa shape index (κ3) is 16.2. The van der Waals surface area contributed by atoms with Crippen molar-refractivity contribution in [3.05, 3.63) is 47.6 Å². The molecule has 1 aliphatic carbocycles. The number of allylic oxidation sites excluding steroid dienone is 6. The molecule has 4 heterocycles. The van der Waals surface area contributed by atoms with E-state index in [9.17, 15) is 59.4 Å². The number of hydrogen-bond donors (Lipinski definition) is 6. The van der Waals surface area contributed by atoms with Gasteiger partial charge in [-0.25, -0.2) is 9.59 Å². The van der Waals surface area contributed by atoms with E-state index in [0.29, 0.717) is 56.9 Å². The monoisotopic (exact) mass is 1110 g/mol. The molecule has 2 bridgehead atoms. The summed E-state index contributed by atoms with van der Waals surface area (Å²) in [6, 6.07) is -1.25. The van der Waals surface area contributed by atoms with Gasteiger partial charge in [0.1, 0.15) is 48.4 Å². The van der Waals surface area contributed by atoms with Crippen molar-refractivity contribution >= 4 is 35.4 Å². The van der Waals surface area contributed by atoms with Crippen LogP contribution in [0.5, 0.6) is 0 Å². The molecule has 21 heteroatoms. The highest BCUT2D eigenvalue weighted by molar-refractivity contribution is 6.39. The second-order valence-corrected chi connectivity index (χ2v) is 22.5. The summed E-state index contributed by atoms with van der Waals surface area (Å²) >= 11 is 0. The van der Waals surface area contributed by atoms with Crippen LogP contribution in [0.15, 0.2) is 47.6 Å². The lowest BCUT2D eigenvalue weighted by molar-refractivity contribution is -0.415. The number of hydrogen-bond acceptors (Lipinski definition) is 20. The van der Waals surface area contributed by atoms with Crippen molar-refractivity contribution in [2.24, 2.45) is 35.5 Å². The van der Waals surface area contributed by atoms with Gasteiger partial charge in [0.15, 0.2) is 11.9 Å². The van der Waals surface area contributed by atoms with Gasteiger partial charge in [0, 0.05) is 58.5 Å². The number of rotatable bonds is 8. The summed E-state index contributed by atoms with van der Waals surface area (Å²) in [6.07, 6.45) is 1.17. The van der Waals surface area contributed by atoms with Crippen molar-refractivity contribution in [3.8, 4) is 0 Å². The first-order valence-electron chi connectivity index (χ1n) is 27.6. The number of ketones is 3. The highest BCUT2D eigenvalue weighted by atomic mass is 16.9. The van der Waals surface area contributed by atoms with Crippen LogP contribution < -0.4 is 0 Å². The summed E-state index contributed by atoms with van der Waals surface area (Å²) in [5, 5.41) is 64.2. The topological polar surface area (TPSA) is 301 Å². The Hall–Kier alpha value is -4.26. The fraction of sp³-hybridized carbons (Fsp3) is 0.754. The van der Waals surface area contributed by atoms with E-state index in [2.05, 4.69) is 0 Å². The number of carbonyl (C=O) groups excluding carboxylic acids is 6. The first kappa shape index (κ1) is 64.6. The van der Waals surface area contributed by atoms with Crippen molar-refractivity contribution < 1.29 is 97.3 Å². The molecule has 21 nitrogen and oxygen atoms in total. The van der Waals surface area contributed by atoms with Crippen LogP contribution in [0.1, 0.15) is 126 Å². The van der Waals surface area contributed by atoms with Crippen molar-refractivity contribution in [2.45, 2.75) is 204 Å². The van der Waals surface area contributed by atoms with Crippen molar-refractivity contribution in [1.82, 2.24) is 4.90 Å². The fourth-order valence-electron chi connectivity index (χ4n) is 11.4. The number of aliphatic hydroxyl groups excluding tert-OH is 4. The van der Waals surface area contributed by atoms with Crippen LogP contribution in [0.2, 0.25) is 0 Å². The third-order valence-electron chi connectivity index (χ3n) is 16.5. The Kier molecular flexibility index (Phi) is 24.0. The minimum absolute atomic E-state index is 0.0111. The zero-order valence-corrected chi connectivity index (χ0v) is 47.0. The molecule has 0 aromatic rings. The molecule has 0 radical (unpaired) electrons. The van der Waals surface area contributed by atoms with Crippen molar-refractivity contribution in [1.29, 1.82) is 0 Å². The standard InChI is InChI=1S/C57H87NO20/c1-31-16-12-11-13-17-32(2)44(71-8)28-39-21-19-37(7)56(69,77-39)52(65)53(66)58-23-15-14-18-40(58)54(67)75-45(29-41(59)33(3)25-36(6)48(62)50(73-10)47(61)35(5)24-31)34(4)26-38-20-22-43(46(27-38)72-9)76-55(68)78-57(70)51(64)49(63)42(60)30-74-57/h11-13,16-17,25,31,33-35,37-40,42-46,48-51,60,62-64,69-70H,14-15,18-24,26-30H2,1-10H3/b13-11+,16-12+,32-17+,36-25+/t31-,33-,34-,35-,37?,38-,39+,40+,42-,43-,44+,45+,46-,48-,49-,50+,51-,56-,57+/m1/s1. The number of amides is 1. The van der Waals surface area contributed by atoms with Gasteiger partial charge < -0.3 is 73.4 Å². The van der Waals surface area contributed by atoms with Gasteiger partial charge in [0.25, 0.3) is 11.7 Å². The number of esters is 1. The average Bonchev–Trinajstić information content (AvgIpc) is 3.44. The van der Waals surface area contributed by atoms with Gasteiger partial charge >= 0.3 is 18.1 Å². The molecule has 78 heavy (non-hydrogen) atoms. The highest BCUT2D eigenvalue weighted by Gasteiger charge is 2.55. The molecule has 4 aliphatic heterocycles. The van der Waals surface area contributed by atoms with Gasteiger partial charge in [-0.3, -0.25) is 19.2 Å². The Bertz CT molecular complexity index is 2200. The number of nitrogens with zero attached hydrogens (tertiary/aromatic N) is 1. The average molecular weight is 1110 g/mol. The molecule has 0 aromatic heterocycles. The number of carbonyl (C=O) groups is 6. The molecule has 6 N–H and O–H groups in total. The van der Waals surface area contributed by atoms with E-state index in [1.54, 1.807) is 40.9 Å². The van der Waals surface area contributed by atoms with Gasteiger partial charge in [-0.05, 0) is 107 Å². The highest BCUT2D eigenvalue weighted by Crippen LogP contribution is 2.39. The fourth-order valence-corrected chi connectivity index (χ4v) is 11.4. The third-order valence-corrected chi connectivity index (χ3v) is 16.5. The number of fused-ring (bicyclic) bond motifs is 3. The Morgan fingerprint density at radius 3 is 2.23 bits per heavy atom. The van der Waals surface area contributed by atoms with Crippen LogP contribution in [0.25, 0.3) is 0 Å². The summed E-state index contributed by atoms with van der Waals surface area (Å²) < 4.78 is 44.9. The predicted molar refractivity (Wildman–Crippen MR) is 279 cm³/mol. The van der Waals surface area contributed by atoms with Crippen molar-refractivity contribution in [3.63, 3.8) is 0 Å². The zero-order valence-electron chi connectivity index (χ0n) is 47.0. The van der Waals surface area contributed by atoms with E-state index in [4.69, 9.17) is 37.9 Å². The van der Waals surface area contributed by atoms with Gasteiger partial charge in [-0.1, -0.05) is 71.1 Å². The van der Waals surface area contributed by atoms with Gasteiger partial charge in [0.05, 0.1) is 24.9 Å². The molecule has 1 unspecified atom stereocenters. The molecular weight excluding hydrogens is 1020 g/mol. The second kappa shape index (κ2) is 28.9. The molecular formula is C57H87NO20. The molecule has 3 saturated heterocycles. The van der Waals surface area contributed by atoms with E-state index in [1.807, 2.05) is 51.2 Å². The molecule has 440 valence electrons. The first-order valence-corrected chi connectivity index (χ1v) is 27.6. The number of Topliss-reactive ketones (excluding diaryl/α,β-unsaturated/α-hetero) is 3. The molecule has 5 aliphatic rings. The quantitative estimate of drug-likeness (QED) is 0.0863. The van der Waals surface area contributed by atoms with Crippen LogP contribution in [0, 0.1) is 35.5 Å². The first-order chi connectivity index (χ1) is 36.8. The van der Waals surface area contributed by atoms with Gasteiger partial charge in [-0.15, -0.1) is 0 Å². The minimum atomic E-state index is -3.00. The Morgan fingerprint density at radius 2 is 1.55 bits per heavy atom. The SMILES string of the molecule is CO[C@H]1C[C@@H]2CCC(C)[C@@](O)(O2)C(=O)C(=O)N2CCCC[C@H]2C(=O)O[C@H]([C@H](C)C[C@H]2CC[C@@H](OC(=O)O[C@@]3(O)OC[C@@H](O)[C@@H](O)[C@H]3O)[C@H](OC)C2)CC(=O)[C@H](C)/C=C(\C)[C@@H](O)[C@@H](OC)C(=O)[C@H](C)C[C@H](C)/C=C/C=C/C=C/1C. The largest absolute Gasteiger partial charge is 0.513 e. The lowest BCUT2D eigenvalue weighted by Crippen LogP contribution is -2.62. The van der Waals surface area contributed by atoms with Crippen LogP contribution >= 0.6 is 0 Å². The van der Waals surface area contributed by atoms with Crippen LogP contribution in [-0.2, 0) is 61.9 Å². The van der Waals surface area contributed by atoms with E-state index in [1.165, 1.54) is 14.2 Å². The second-order valence-electron chi connectivity index (χ2n) is 22.5. The number of cyclic esters (lactones) is 1. The molecule has 5 rings (SSSR count). The number of piperidine rings is 1. The molecule has 1 saturated carbocycles. The smallest absolute Gasteiger partial charge is 0.460 e. The Labute approximate surface area is 458 Å². The predicted octanol–water partition coefficient (Wildman–Crippen LogP) is 4.10. The van der Waals surface area contributed by atoms with Crippen LogP contribution in [-0.4, -0.2) is 184 Å². The van der Waals surface area contributed by atoms with Crippen molar-refractivity contribution in [2.75, 3.05) is 34.5 Å². The minimum Gasteiger partial charge on any atom is -0.460 e. The lowest BCUT2D eigenvalue weighted by atomic mass is 9.78. The summed E-state index contributed by atoms with van der Waals surface area (Å²) in [5.41, 5.74) is 1.16. The number of methoxy groups -OCH3 is 3. The van der Waals surface area contributed by atoms with Gasteiger partial charge in [-0.2, -0.15) is 0 Å². The van der Waals surface area contributed by atoms with Crippen LogP contribution in [0.4, 0.5) is 4.79 Å². The van der Waals surface area contributed by atoms with E-state index >= 15 is 0 Å². The lowest BCUT2D eigenvalue weighted by Gasteiger charge is -2.42. The maximum absolute atomic E-state index is 14.6. The molecule has 1 amide bonds. The Morgan fingerprint density at radius 1 is 0.833 bits per heavy atom. The van der Waals surface area contributed by atoms with E-state index in [0.717, 1.165) is 10.5 Å². The normalized spacial score (nSPS) is 41.5. The molecule has 0 aromatic carbocycles. The van der Waals surface area contributed by atoms with Crippen LogP contribution in [0.3, 0.4) is 0 Å². The molecule has 4 fully saturated rings. The number of aliphatic hydroxyl groups is 6. The molecule has 19 atom stereocenters. The summed E-state index contributed by atoms with van der Waals surface area (Å²) in [5.74, 6) is -12.1. The zero-order chi connectivity index (χ0) is 57.8. The Balaban J connectivity index is 1.42. The number of ether oxygens (including phenoxy) is 8. The molecule has 0 spiro atoms. The summed E-state index contributed by atoms with van der Waals surface area (Å²) in [6.45, 7) is 11.7. The van der Waals surface area contributed by atoms with Gasteiger partial charge in [0.2, 0.25) is 5.79 Å². The van der Waals surface area contributed by atoms with E-state index < -0.39 is 133 Å².